The molecule has 0 bridgehead atoms. The number of urea groups is 1. The number of amides is 2. The highest BCUT2D eigenvalue weighted by atomic mass is 19.4. The van der Waals surface area contributed by atoms with Crippen LogP contribution in [-0.4, -0.2) is 35.1 Å². The highest BCUT2D eigenvalue weighted by Gasteiger charge is 2.50. The van der Waals surface area contributed by atoms with Gasteiger partial charge < -0.3 is 15.7 Å². The maximum atomic E-state index is 13.2. The number of carboxylic acid groups (broad SMARTS) is 1. The first-order chi connectivity index (χ1) is 17.0. The molecule has 192 valence electrons. The summed E-state index contributed by atoms with van der Waals surface area (Å²) in [6, 6.07) is 12.0. The van der Waals surface area contributed by atoms with Crippen molar-refractivity contribution in [1.29, 1.82) is 0 Å². The van der Waals surface area contributed by atoms with E-state index in [4.69, 9.17) is 0 Å². The lowest BCUT2D eigenvalue weighted by Gasteiger charge is -2.36. The fraction of sp³-hybridized carbons (Fsp3) is 0.444. The van der Waals surface area contributed by atoms with Gasteiger partial charge in [0.05, 0.1) is 18.3 Å². The fourth-order valence-electron chi connectivity index (χ4n) is 5.39. The molecule has 4 rings (SSSR count). The van der Waals surface area contributed by atoms with E-state index in [1.54, 1.807) is 24.3 Å². The van der Waals surface area contributed by atoms with E-state index in [2.05, 4.69) is 10.6 Å². The van der Waals surface area contributed by atoms with Crippen LogP contribution in [0.3, 0.4) is 0 Å². The van der Waals surface area contributed by atoms with E-state index in [-0.39, 0.29) is 30.5 Å². The molecule has 2 aromatic rings. The van der Waals surface area contributed by atoms with E-state index in [9.17, 15) is 32.7 Å². The van der Waals surface area contributed by atoms with Crippen LogP contribution in [0.15, 0.2) is 42.5 Å². The van der Waals surface area contributed by atoms with Gasteiger partial charge in [0.25, 0.3) is 0 Å². The number of aliphatic carboxylic acids is 1. The van der Waals surface area contributed by atoms with Crippen molar-refractivity contribution >= 4 is 23.5 Å². The smallest absolute Gasteiger partial charge is 0.390 e. The first-order valence-electron chi connectivity index (χ1n) is 12.2. The summed E-state index contributed by atoms with van der Waals surface area (Å²) in [5.74, 6) is -2.19. The molecule has 0 spiro atoms. The van der Waals surface area contributed by atoms with Crippen molar-refractivity contribution < 1.29 is 32.7 Å². The molecule has 0 unspecified atom stereocenters. The number of carbonyl (C=O) groups excluding carboxylic acids is 2. The van der Waals surface area contributed by atoms with Crippen molar-refractivity contribution in [3.05, 3.63) is 53.6 Å². The predicted octanol–water partition coefficient (Wildman–Crippen LogP) is 6.35. The fourth-order valence-corrected chi connectivity index (χ4v) is 5.39. The minimum Gasteiger partial charge on any atom is -0.481 e. The Balaban J connectivity index is 1.47. The second-order valence-corrected chi connectivity index (χ2v) is 9.85. The third-order valence-electron chi connectivity index (χ3n) is 7.15. The standard InChI is InChI=1S/C27H29F3N2O4/c28-27(29,30)16-26(15-23(33)34)13-12-19-14-18(8-11-22(19)24(26)35)17-6-9-21(10-7-17)32-25(36)31-20-4-2-1-3-5-20/h6-11,14,20H,1-5,12-13,15-16H2,(H,33,34)(H2,31,32,36)/t26-/m1/s1. The molecule has 2 aliphatic rings. The van der Waals surface area contributed by atoms with Crippen molar-refractivity contribution in [1.82, 2.24) is 5.32 Å². The molecule has 36 heavy (non-hydrogen) atoms. The molecular formula is C27H29F3N2O4. The van der Waals surface area contributed by atoms with Gasteiger partial charge in [-0.3, -0.25) is 9.59 Å². The summed E-state index contributed by atoms with van der Waals surface area (Å²) in [5, 5.41) is 15.0. The van der Waals surface area contributed by atoms with Crippen molar-refractivity contribution in [3.8, 4) is 11.1 Å². The minimum absolute atomic E-state index is 0.146. The summed E-state index contributed by atoms with van der Waals surface area (Å²) < 4.78 is 39.7. The quantitative estimate of drug-likeness (QED) is 0.429. The summed E-state index contributed by atoms with van der Waals surface area (Å²) in [5.41, 5.74) is 1.00. The number of anilines is 1. The van der Waals surface area contributed by atoms with Gasteiger partial charge in [-0.1, -0.05) is 49.6 Å². The number of nitrogens with one attached hydrogen (secondary N) is 2. The lowest BCUT2D eigenvalue weighted by Crippen LogP contribution is -2.41. The van der Waals surface area contributed by atoms with Crippen molar-refractivity contribution in [3.63, 3.8) is 0 Å². The van der Waals surface area contributed by atoms with Crippen LogP contribution in [0.1, 0.15) is 67.3 Å². The summed E-state index contributed by atoms with van der Waals surface area (Å²) in [7, 11) is 0. The molecule has 0 saturated heterocycles. The van der Waals surface area contributed by atoms with E-state index >= 15 is 0 Å². The Kier molecular flexibility index (Phi) is 7.38. The molecule has 1 saturated carbocycles. The Morgan fingerprint density at radius 1 is 1.00 bits per heavy atom. The van der Waals surface area contributed by atoms with Crippen molar-refractivity contribution in [2.24, 2.45) is 5.41 Å². The Morgan fingerprint density at radius 3 is 2.31 bits per heavy atom. The Bertz CT molecular complexity index is 1140. The van der Waals surface area contributed by atoms with Gasteiger partial charge in [-0.05, 0) is 54.5 Å². The zero-order chi connectivity index (χ0) is 25.9. The average molecular weight is 503 g/mol. The summed E-state index contributed by atoms with van der Waals surface area (Å²) in [6.45, 7) is 0. The molecule has 9 heteroatoms. The number of carbonyl (C=O) groups is 3. The zero-order valence-corrected chi connectivity index (χ0v) is 19.8. The molecule has 1 fully saturated rings. The summed E-state index contributed by atoms with van der Waals surface area (Å²) >= 11 is 0. The van der Waals surface area contributed by atoms with Gasteiger partial charge in [0.1, 0.15) is 0 Å². The number of hydrogen-bond donors (Lipinski definition) is 3. The van der Waals surface area contributed by atoms with Gasteiger partial charge in [0, 0.05) is 17.3 Å². The Morgan fingerprint density at radius 2 is 1.67 bits per heavy atom. The van der Waals surface area contributed by atoms with Crippen LogP contribution in [0.25, 0.3) is 11.1 Å². The third kappa shape index (κ3) is 6.06. The number of ketones is 1. The lowest BCUT2D eigenvalue weighted by molar-refractivity contribution is -0.160. The normalized spacial score (nSPS) is 20.5. The lowest BCUT2D eigenvalue weighted by atomic mass is 9.66. The Hall–Kier alpha value is -3.36. The molecule has 2 amide bonds. The molecule has 2 aromatic carbocycles. The van der Waals surface area contributed by atoms with Crippen molar-refractivity contribution in [2.45, 2.75) is 70.0 Å². The number of alkyl halides is 3. The number of rotatable bonds is 6. The number of Topliss-reactive ketones (excluding diaryl/α,β-unsaturated/α-hetero) is 1. The summed E-state index contributed by atoms with van der Waals surface area (Å²) in [4.78, 5) is 36.7. The molecule has 2 aliphatic carbocycles. The maximum Gasteiger partial charge on any atom is 0.390 e. The largest absolute Gasteiger partial charge is 0.481 e. The molecule has 1 atom stereocenters. The molecule has 0 radical (unpaired) electrons. The molecule has 6 nitrogen and oxygen atoms in total. The molecular weight excluding hydrogens is 473 g/mol. The second kappa shape index (κ2) is 10.3. The number of aryl methyl sites for hydroxylation is 1. The Labute approximate surface area is 207 Å². The third-order valence-corrected chi connectivity index (χ3v) is 7.15. The predicted molar refractivity (Wildman–Crippen MR) is 129 cm³/mol. The number of halogens is 3. The van der Waals surface area contributed by atoms with Gasteiger partial charge in [-0.15, -0.1) is 0 Å². The first-order valence-corrected chi connectivity index (χ1v) is 12.2. The number of carboxylic acids is 1. The average Bonchev–Trinajstić information content (AvgIpc) is 2.81. The van der Waals surface area contributed by atoms with E-state index in [0.29, 0.717) is 11.3 Å². The zero-order valence-electron chi connectivity index (χ0n) is 19.8. The highest BCUT2D eigenvalue weighted by Crippen LogP contribution is 2.46. The van der Waals surface area contributed by atoms with Gasteiger partial charge in [0.15, 0.2) is 5.78 Å². The van der Waals surface area contributed by atoms with Gasteiger partial charge in [-0.25, -0.2) is 4.79 Å². The number of benzene rings is 2. The molecule has 0 aromatic heterocycles. The van der Waals surface area contributed by atoms with Crippen LogP contribution in [0.5, 0.6) is 0 Å². The van der Waals surface area contributed by atoms with E-state index in [0.717, 1.165) is 36.8 Å². The van der Waals surface area contributed by atoms with Gasteiger partial charge in [0.2, 0.25) is 0 Å². The van der Waals surface area contributed by atoms with Crippen LogP contribution in [0.4, 0.5) is 23.7 Å². The molecule has 0 heterocycles. The monoisotopic (exact) mass is 502 g/mol. The van der Waals surface area contributed by atoms with Gasteiger partial charge >= 0.3 is 18.2 Å². The van der Waals surface area contributed by atoms with E-state index in [1.165, 1.54) is 12.5 Å². The molecule has 0 aliphatic heterocycles. The molecule has 3 N–H and O–H groups in total. The van der Waals surface area contributed by atoms with Crippen LogP contribution >= 0.6 is 0 Å². The topological polar surface area (TPSA) is 95.5 Å². The maximum absolute atomic E-state index is 13.2. The van der Waals surface area contributed by atoms with Gasteiger partial charge in [-0.2, -0.15) is 13.2 Å². The van der Waals surface area contributed by atoms with Crippen LogP contribution < -0.4 is 10.6 Å². The summed E-state index contributed by atoms with van der Waals surface area (Å²) in [6.07, 6.45) is -1.53. The minimum atomic E-state index is -4.65. The SMILES string of the molecule is O=C(O)C[C@@]1(CC(F)(F)F)CCc2cc(-c3ccc(NC(=O)NC4CCCCC4)cc3)ccc2C1=O. The second-order valence-electron chi connectivity index (χ2n) is 9.85. The van der Waals surface area contributed by atoms with E-state index < -0.39 is 36.2 Å². The van der Waals surface area contributed by atoms with Crippen LogP contribution in [0, 0.1) is 5.41 Å². The highest BCUT2D eigenvalue weighted by molar-refractivity contribution is 6.04. The van der Waals surface area contributed by atoms with Crippen molar-refractivity contribution in [2.75, 3.05) is 5.32 Å². The number of hydrogen-bond acceptors (Lipinski definition) is 3. The number of fused-ring (bicyclic) bond motifs is 1. The van der Waals surface area contributed by atoms with E-state index in [1.807, 2.05) is 12.1 Å². The van der Waals surface area contributed by atoms with Crippen LogP contribution in [-0.2, 0) is 11.2 Å². The van der Waals surface area contributed by atoms with Crippen LogP contribution in [0.2, 0.25) is 0 Å². The first kappa shape index (κ1) is 25.7.